The zero-order valence-electron chi connectivity index (χ0n) is 15.4. The molecule has 1 fully saturated rings. The lowest BCUT2D eigenvalue weighted by molar-refractivity contribution is -0.120. The number of aromatic nitrogens is 2. The van der Waals surface area contributed by atoms with Gasteiger partial charge in [0, 0.05) is 24.3 Å². The Bertz CT molecular complexity index is 946. The fraction of sp³-hybridized carbons (Fsp3) is 0.227. The van der Waals surface area contributed by atoms with Crippen LogP contribution in [0.2, 0.25) is 0 Å². The number of amides is 1. The molecule has 142 valence electrons. The lowest BCUT2D eigenvalue weighted by Crippen LogP contribution is -2.41. The molecule has 2 aromatic carbocycles. The first-order valence-electron chi connectivity index (χ1n) is 9.38. The minimum absolute atomic E-state index is 0.0264. The molecule has 1 aliphatic rings. The second kappa shape index (κ2) is 8.17. The van der Waals surface area contributed by atoms with Crippen LogP contribution in [-0.2, 0) is 4.79 Å². The van der Waals surface area contributed by atoms with Gasteiger partial charge >= 0.3 is 0 Å². The van der Waals surface area contributed by atoms with Gasteiger partial charge in [0.2, 0.25) is 5.91 Å². The molecule has 4 rings (SSSR count). The number of carbonyl (C=O) groups is 1. The van der Waals surface area contributed by atoms with Gasteiger partial charge in [-0.05, 0) is 49.2 Å². The summed E-state index contributed by atoms with van der Waals surface area (Å²) in [6.45, 7) is 1.43. The van der Waals surface area contributed by atoms with Crippen LogP contribution < -0.4 is 10.2 Å². The van der Waals surface area contributed by atoms with Crippen LogP contribution in [0.4, 0.5) is 15.9 Å². The maximum Gasteiger partial charge on any atom is 0.229 e. The molecule has 0 aliphatic carbocycles. The molecular formula is C22H21FN4O. The summed E-state index contributed by atoms with van der Waals surface area (Å²) in [5, 5.41) is 2.99. The van der Waals surface area contributed by atoms with E-state index >= 15 is 0 Å². The van der Waals surface area contributed by atoms with Crippen LogP contribution >= 0.6 is 0 Å². The van der Waals surface area contributed by atoms with Crippen molar-refractivity contribution in [3.63, 3.8) is 0 Å². The van der Waals surface area contributed by atoms with Crippen molar-refractivity contribution in [2.75, 3.05) is 23.3 Å². The first kappa shape index (κ1) is 18.1. The third-order valence-corrected chi connectivity index (χ3v) is 4.92. The first-order valence-corrected chi connectivity index (χ1v) is 9.38. The van der Waals surface area contributed by atoms with Crippen molar-refractivity contribution in [1.82, 2.24) is 9.97 Å². The highest BCUT2D eigenvalue weighted by Crippen LogP contribution is 2.25. The molecule has 0 spiro atoms. The highest BCUT2D eigenvalue weighted by molar-refractivity contribution is 5.93. The molecule has 3 aromatic rings. The third-order valence-electron chi connectivity index (χ3n) is 4.92. The van der Waals surface area contributed by atoms with E-state index in [4.69, 9.17) is 0 Å². The zero-order valence-corrected chi connectivity index (χ0v) is 15.4. The molecule has 1 aliphatic heterocycles. The van der Waals surface area contributed by atoms with Crippen LogP contribution in [0, 0.1) is 11.7 Å². The molecular weight excluding hydrogens is 355 g/mol. The molecule has 1 unspecified atom stereocenters. The Morgan fingerprint density at radius 2 is 1.86 bits per heavy atom. The maximum atomic E-state index is 13.2. The lowest BCUT2D eigenvalue weighted by atomic mass is 9.97. The van der Waals surface area contributed by atoms with E-state index in [0.717, 1.165) is 36.5 Å². The van der Waals surface area contributed by atoms with Gasteiger partial charge in [0.25, 0.3) is 0 Å². The van der Waals surface area contributed by atoms with E-state index < -0.39 is 0 Å². The molecule has 0 saturated carbocycles. The second-order valence-electron chi connectivity index (χ2n) is 6.91. The fourth-order valence-electron chi connectivity index (χ4n) is 3.43. The highest BCUT2D eigenvalue weighted by Gasteiger charge is 2.27. The molecule has 1 aromatic heterocycles. The summed E-state index contributed by atoms with van der Waals surface area (Å²) in [7, 11) is 0. The Morgan fingerprint density at radius 3 is 2.64 bits per heavy atom. The van der Waals surface area contributed by atoms with E-state index in [1.807, 2.05) is 30.3 Å². The number of rotatable bonds is 4. The Kier molecular flexibility index (Phi) is 5.28. The third kappa shape index (κ3) is 4.17. The molecule has 0 radical (unpaired) electrons. The number of piperidine rings is 1. The zero-order chi connectivity index (χ0) is 19.3. The Morgan fingerprint density at radius 1 is 1.07 bits per heavy atom. The smallest absolute Gasteiger partial charge is 0.229 e. The van der Waals surface area contributed by atoms with Crippen molar-refractivity contribution >= 4 is 17.4 Å². The minimum Gasteiger partial charge on any atom is -0.355 e. The summed E-state index contributed by atoms with van der Waals surface area (Å²) >= 11 is 0. The van der Waals surface area contributed by atoms with Crippen molar-refractivity contribution in [1.29, 1.82) is 0 Å². The van der Waals surface area contributed by atoms with Crippen LogP contribution in [0.3, 0.4) is 0 Å². The summed E-state index contributed by atoms with van der Waals surface area (Å²) in [6, 6.07) is 15.7. The topological polar surface area (TPSA) is 58.1 Å². The minimum atomic E-state index is -0.281. The van der Waals surface area contributed by atoms with Crippen molar-refractivity contribution in [3.8, 4) is 11.3 Å². The van der Waals surface area contributed by atoms with Crippen LogP contribution in [0.15, 0.2) is 67.0 Å². The summed E-state index contributed by atoms with van der Waals surface area (Å²) < 4.78 is 13.2. The largest absolute Gasteiger partial charge is 0.355 e. The first-order chi connectivity index (χ1) is 13.7. The van der Waals surface area contributed by atoms with Gasteiger partial charge < -0.3 is 10.2 Å². The van der Waals surface area contributed by atoms with E-state index in [1.165, 1.54) is 12.1 Å². The Labute approximate surface area is 163 Å². The predicted molar refractivity (Wildman–Crippen MR) is 107 cm³/mol. The number of hydrogen-bond donors (Lipinski definition) is 1. The van der Waals surface area contributed by atoms with Crippen molar-refractivity contribution in [2.24, 2.45) is 5.92 Å². The predicted octanol–water partition coefficient (Wildman–Crippen LogP) is 4.14. The maximum absolute atomic E-state index is 13.2. The SMILES string of the molecule is O=C(Nc1ccccc1)C1CCCN(c2cncc(-c3ccc(F)cc3)n2)C1. The number of carbonyl (C=O) groups excluding carboxylic acids is 1. The Balaban J connectivity index is 1.48. The number of anilines is 2. The molecule has 28 heavy (non-hydrogen) atoms. The fourth-order valence-corrected chi connectivity index (χ4v) is 3.43. The number of halogens is 1. The summed E-state index contributed by atoms with van der Waals surface area (Å²) in [5.41, 5.74) is 2.31. The van der Waals surface area contributed by atoms with Crippen molar-refractivity contribution < 1.29 is 9.18 Å². The quantitative estimate of drug-likeness (QED) is 0.744. The van der Waals surface area contributed by atoms with E-state index in [1.54, 1.807) is 24.5 Å². The van der Waals surface area contributed by atoms with Gasteiger partial charge in [-0.15, -0.1) is 0 Å². The van der Waals surface area contributed by atoms with Gasteiger partial charge in [0.15, 0.2) is 0 Å². The van der Waals surface area contributed by atoms with Crippen LogP contribution in [-0.4, -0.2) is 29.0 Å². The molecule has 1 amide bonds. The summed E-state index contributed by atoms with van der Waals surface area (Å²) in [6.07, 6.45) is 5.14. The van der Waals surface area contributed by atoms with E-state index in [0.29, 0.717) is 12.2 Å². The van der Waals surface area contributed by atoms with Gasteiger partial charge in [0.1, 0.15) is 11.6 Å². The van der Waals surface area contributed by atoms with Gasteiger partial charge in [-0.3, -0.25) is 9.78 Å². The average molecular weight is 376 g/mol. The number of nitrogens with one attached hydrogen (secondary N) is 1. The molecule has 1 N–H and O–H groups in total. The van der Waals surface area contributed by atoms with Crippen LogP contribution in [0.25, 0.3) is 11.3 Å². The lowest BCUT2D eigenvalue weighted by Gasteiger charge is -2.32. The van der Waals surface area contributed by atoms with Crippen LogP contribution in [0.5, 0.6) is 0 Å². The molecule has 6 heteroatoms. The summed E-state index contributed by atoms with van der Waals surface area (Å²) in [5.74, 6) is 0.374. The van der Waals surface area contributed by atoms with Gasteiger partial charge in [0.05, 0.1) is 24.0 Å². The highest BCUT2D eigenvalue weighted by atomic mass is 19.1. The van der Waals surface area contributed by atoms with E-state index in [2.05, 4.69) is 20.2 Å². The molecule has 1 atom stereocenters. The number of benzene rings is 2. The van der Waals surface area contributed by atoms with Gasteiger partial charge in [-0.2, -0.15) is 0 Å². The molecule has 1 saturated heterocycles. The van der Waals surface area contributed by atoms with Crippen molar-refractivity contribution in [3.05, 3.63) is 72.8 Å². The van der Waals surface area contributed by atoms with Crippen LogP contribution in [0.1, 0.15) is 12.8 Å². The van der Waals surface area contributed by atoms with Crippen molar-refractivity contribution in [2.45, 2.75) is 12.8 Å². The number of nitrogens with zero attached hydrogens (tertiary/aromatic N) is 3. The second-order valence-corrected chi connectivity index (χ2v) is 6.91. The normalized spacial score (nSPS) is 16.6. The number of hydrogen-bond acceptors (Lipinski definition) is 4. The number of para-hydroxylation sites is 1. The van der Waals surface area contributed by atoms with E-state index in [-0.39, 0.29) is 17.6 Å². The summed E-state index contributed by atoms with van der Waals surface area (Å²) in [4.78, 5) is 23.7. The van der Waals surface area contributed by atoms with Gasteiger partial charge in [-0.25, -0.2) is 9.37 Å². The molecule has 0 bridgehead atoms. The van der Waals surface area contributed by atoms with Gasteiger partial charge in [-0.1, -0.05) is 18.2 Å². The molecule has 2 heterocycles. The Hall–Kier alpha value is -3.28. The molecule has 5 nitrogen and oxygen atoms in total. The van der Waals surface area contributed by atoms with E-state index in [9.17, 15) is 9.18 Å². The standard InChI is InChI=1S/C22H21FN4O/c23-18-10-8-16(9-11-18)20-13-24-14-21(26-20)27-12-4-5-17(15-27)22(28)25-19-6-2-1-3-7-19/h1-3,6-11,13-14,17H,4-5,12,15H2,(H,25,28). The monoisotopic (exact) mass is 376 g/mol. The average Bonchev–Trinajstić information content (AvgIpc) is 2.75.